The van der Waals surface area contributed by atoms with E-state index in [2.05, 4.69) is 11.4 Å². The van der Waals surface area contributed by atoms with Crippen molar-refractivity contribution in [3.8, 4) is 0 Å². The molecule has 1 aliphatic carbocycles. The Hall–Kier alpha value is -2.01. The van der Waals surface area contributed by atoms with Crippen LogP contribution in [0.3, 0.4) is 0 Å². The summed E-state index contributed by atoms with van der Waals surface area (Å²) in [5.41, 5.74) is 2.48. The molecule has 140 valence electrons. The van der Waals surface area contributed by atoms with Gasteiger partial charge in [-0.2, -0.15) is 0 Å². The number of benzene rings is 1. The van der Waals surface area contributed by atoms with Gasteiger partial charge in [0.25, 0.3) is 0 Å². The molecular formula is C20H26ClN3O2. The zero-order chi connectivity index (χ0) is 18.4. The quantitative estimate of drug-likeness (QED) is 0.740. The summed E-state index contributed by atoms with van der Waals surface area (Å²) < 4.78 is 0. The molecule has 0 spiro atoms. The fourth-order valence-electron chi connectivity index (χ4n) is 3.46. The van der Waals surface area contributed by atoms with Crippen LogP contribution < -0.4 is 5.32 Å². The molecule has 0 atom stereocenters. The fraction of sp³-hybridized carbons (Fsp3) is 0.500. The molecule has 3 amide bonds. The van der Waals surface area contributed by atoms with Crippen molar-refractivity contribution in [2.45, 2.75) is 38.6 Å². The van der Waals surface area contributed by atoms with E-state index in [0.29, 0.717) is 31.2 Å². The average molecular weight is 376 g/mol. The van der Waals surface area contributed by atoms with E-state index in [9.17, 15) is 9.59 Å². The van der Waals surface area contributed by atoms with Gasteiger partial charge in [-0.1, -0.05) is 35.4 Å². The van der Waals surface area contributed by atoms with Crippen molar-refractivity contribution in [1.29, 1.82) is 0 Å². The molecule has 1 N–H and O–H groups in total. The molecule has 0 aromatic heterocycles. The maximum Gasteiger partial charge on any atom is 0.320 e. The predicted molar refractivity (Wildman–Crippen MR) is 103 cm³/mol. The summed E-state index contributed by atoms with van der Waals surface area (Å²) >= 11 is 5.89. The van der Waals surface area contributed by atoms with Gasteiger partial charge in [-0.05, 0) is 49.8 Å². The number of carbonyl (C=O) groups excluding carboxylic acids is 2. The van der Waals surface area contributed by atoms with E-state index in [1.807, 2.05) is 24.3 Å². The van der Waals surface area contributed by atoms with Gasteiger partial charge in [0.2, 0.25) is 5.91 Å². The first-order valence-electron chi connectivity index (χ1n) is 9.35. The van der Waals surface area contributed by atoms with E-state index in [-0.39, 0.29) is 18.5 Å². The van der Waals surface area contributed by atoms with E-state index in [1.54, 1.807) is 9.80 Å². The third kappa shape index (κ3) is 5.24. The molecule has 3 rings (SSSR count). The molecule has 0 unspecified atom stereocenters. The van der Waals surface area contributed by atoms with Crippen molar-refractivity contribution < 1.29 is 9.59 Å². The van der Waals surface area contributed by atoms with Crippen molar-refractivity contribution in [3.63, 3.8) is 0 Å². The number of carbonyl (C=O) groups is 2. The molecule has 1 fully saturated rings. The van der Waals surface area contributed by atoms with Crippen LogP contribution in [0, 0.1) is 0 Å². The van der Waals surface area contributed by atoms with Crippen molar-refractivity contribution in [3.05, 3.63) is 46.5 Å². The zero-order valence-corrected chi connectivity index (χ0v) is 15.8. The number of nitrogens with zero attached hydrogens (tertiary/aromatic N) is 2. The van der Waals surface area contributed by atoms with Crippen molar-refractivity contribution in [2.24, 2.45) is 0 Å². The van der Waals surface area contributed by atoms with Gasteiger partial charge < -0.3 is 15.1 Å². The molecule has 2 aliphatic rings. The minimum absolute atomic E-state index is 0.0786. The summed E-state index contributed by atoms with van der Waals surface area (Å²) in [7, 11) is 0. The average Bonchev–Trinajstić information content (AvgIpc) is 2.98. The summed E-state index contributed by atoms with van der Waals surface area (Å²) in [4.78, 5) is 28.0. The summed E-state index contributed by atoms with van der Waals surface area (Å²) in [5, 5.41) is 3.63. The molecule has 0 saturated carbocycles. The molecule has 26 heavy (non-hydrogen) atoms. The molecular weight excluding hydrogens is 350 g/mol. The largest absolute Gasteiger partial charge is 0.354 e. The molecule has 0 radical (unpaired) electrons. The second-order valence-corrected chi connectivity index (χ2v) is 7.40. The van der Waals surface area contributed by atoms with Crippen molar-refractivity contribution in [1.82, 2.24) is 15.1 Å². The van der Waals surface area contributed by atoms with Gasteiger partial charge in [-0.25, -0.2) is 4.79 Å². The van der Waals surface area contributed by atoms with Gasteiger partial charge in [0.05, 0.1) is 0 Å². The van der Waals surface area contributed by atoms with E-state index >= 15 is 0 Å². The Balaban J connectivity index is 1.40. The van der Waals surface area contributed by atoms with Gasteiger partial charge >= 0.3 is 6.03 Å². The van der Waals surface area contributed by atoms with Gasteiger partial charge in [0.15, 0.2) is 0 Å². The lowest BCUT2D eigenvalue weighted by Gasteiger charge is -2.19. The Bertz CT molecular complexity index is 672. The second kappa shape index (κ2) is 9.08. The van der Waals surface area contributed by atoms with Gasteiger partial charge in [-0.3, -0.25) is 4.79 Å². The molecule has 1 heterocycles. The number of allylic oxidation sites excluding steroid dienone is 1. The normalized spacial score (nSPS) is 17.4. The Kier molecular flexibility index (Phi) is 6.56. The predicted octanol–water partition coefficient (Wildman–Crippen LogP) is 3.58. The third-order valence-electron chi connectivity index (χ3n) is 4.96. The lowest BCUT2D eigenvalue weighted by atomic mass is 9.97. The fourth-order valence-corrected chi connectivity index (χ4v) is 3.59. The SMILES string of the molecule is O=C(CN1CCN(Cc2ccc(Cl)cc2)C1=O)NCCC1=CCCCC1. The highest BCUT2D eigenvalue weighted by molar-refractivity contribution is 6.30. The van der Waals surface area contributed by atoms with Crippen LogP contribution >= 0.6 is 11.6 Å². The van der Waals surface area contributed by atoms with Crippen LogP contribution in [0.2, 0.25) is 5.02 Å². The summed E-state index contributed by atoms with van der Waals surface area (Å²) in [6.07, 6.45) is 8.07. The number of hydrogen-bond acceptors (Lipinski definition) is 2. The highest BCUT2D eigenvalue weighted by atomic mass is 35.5. The smallest absolute Gasteiger partial charge is 0.320 e. The molecule has 5 nitrogen and oxygen atoms in total. The topological polar surface area (TPSA) is 52.7 Å². The molecule has 1 aromatic carbocycles. The minimum Gasteiger partial charge on any atom is -0.354 e. The molecule has 1 aliphatic heterocycles. The highest BCUT2D eigenvalue weighted by Gasteiger charge is 2.29. The van der Waals surface area contributed by atoms with E-state index in [4.69, 9.17) is 11.6 Å². The maximum atomic E-state index is 12.5. The van der Waals surface area contributed by atoms with Crippen LogP contribution in [0.1, 0.15) is 37.7 Å². The van der Waals surface area contributed by atoms with Crippen LogP contribution in [0.4, 0.5) is 4.79 Å². The lowest BCUT2D eigenvalue weighted by Crippen LogP contribution is -2.40. The number of urea groups is 1. The minimum atomic E-state index is -0.0805. The second-order valence-electron chi connectivity index (χ2n) is 6.96. The Morgan fingerprint density at radius 2 is 1.88 bits per heavy atom. The molecule has 1 saturated heterocycles. The molecule has 0 bridgehead atoms. The summed E-state index contributed by atoms with van der Waals surface area (Å²) in [6, 6.07) is 7.41. The number of halogens is 1. The summed E-state index contributed by atoms with van der Waals surface area (Å²) in [5.74, 6) is -0.0805. The first-order valence-corrected chi connectivity index (χ1v) is 9.72. The van der Waals surface area contributed by atoms with Crippen molar-refractivity contribution >= 4 is 23.5 Å². The Labute approximate surface area is 160 Å². The van der Waals surface area contributed by atoms with E-state index < -0.39 is 0 Å². The van der Waals surface area contributed by atoms with Gasteiger partial charge in [-0.15, -0.1) is 0 Å². The third-order valence-corrected chi connectivity index (χ3v) is 5.21. The van der Waals surface area contributed by atoms with Crippen LogP contribution in [0.25, 0.3) is 0 Å². The maximum absolute atomic E-state index is 12.5. The first kappa shape index (κ1) is 18.8. The van der Waals surface area contributed by atoms with Gasteiger partial charge in [0.1, 0.15) is 6.54 Å². The van der Waals surface area contributed by atoms with Crippen LogP contribution in [0.5, 0.6) is 0 Å². The highest BCUT2D eigenvalue weighted by Crippen LogP contribution is 2.19. The Morgan fingerprint density at radius 3 is 2.62 bits per heavy atom. The van der Waals surface area contributed by atoms with Crippen molar-refractivity contribution in [2.75, 3.05) is 26.2 Å². The number of amides is 3. The number of hydrogen-bond donors (Lipinski definition) is 1. The van der Waals surface area contributed by atoms with Crippen LogP contribution in [0.15, 0.2) is 35.9 Å². The monoisotopic (exact) mass is 375 g/mol. The number of rotatable bonds is 7. The van der Waals surface area contributed by atoms with Gasteiger partial charge in [0, 0.05) is 31.2 Å². The standard InChI is InChI=1S/C20H26ClN3O2/c21-18-8-6-17(7-9-18)14-23-12-13-24(20(23)26)15-19(25)22-11-10-16-4-2-1-3-5-16/h4,6-9H,1-3,5,10-15H2,(H,22,25). The zero-order valence-electron chi connectivity index (χ0n) is 15.0. The summed E-state index contributed by atoms with van der Waals surface area (Å²) in [6.45, 7) is 2.56. The van der Waals surface area contributed by atoms with Crippen LogP contribution in [-0.2, 0) is 11.3 Å². The van der Waals surface area contributed by atoms with E-state index in [1.165, 1.54) is 18.4 Å². The molecule has 1 aromatic rings. The first-order chi connectivity index (χ1) is 12.6. The van der Waals surface area contributed by atoms with E-state index in [0.717, 1.165) is 24.8 Å². The lowest BCUT2D eigenvalue weighted by molar-refractivity contribution is -0.121. The number of nitrogens with one attached hydrogen (secondary N) is 1. The van der Waals surface area contributed by atoms with Crippen LogP contribution in [-0.4, -0.2) is 47.9 Å². The molecule has 6 heteroatoms. The Morgan fingerprint density at radius 1 is 1.12 bits per heavy atom.